The second-order valence-electron chi connectivity index (χ2n) is 6.13. The lowest BCUT2D eigenvalue weighted by Gasteiger charge is -2.27. The second kappa shape index (κ2) is 4.92. The molecule has 0 saturated heterocycles. The van der Waals surface area contributed by atoms with Gasteiger partial charge in [-0.2, -0.15) is 5.26 Å². The van der Waals surface area contributed by atoms with Gasteiger partial charge in [-0.25, -0.2) is 0 Å². The zero-order valence-corrected chi connectivity index (χ0v) is 11.7. The summed E-state index contributed by atoms with van der Waals surface area (Å²) in [5.41, 5.74) is 0.251. The minimum absolute atomic E-state index is 0.518. The molecule has 0 bridgehead atoms. The summed E-state index contributed by atoms with van der Waals surface area (Å²) in [7, 11) is 0. The first-order valence-corrected chi connectivity index (χ1v) is 7.23. The zero-order chi connectivity index (χ0) is 14.2. The Morgan fingerprint density at radius 3 is 2.65 bits per heavy atom. The summed E-state index contributed by atoms with van der Waals surface area (Å²) in [4.78, 5) is 0. The number of fused-ring (bicyclic) bond motifs is 1. The highest BCUT2D eigenvalue weighted by atomic mass is 16.3. The molecule has 0 spiro atoms. The zero-order valence-electron chi connectivity index (χ0n) is 11.7. The number of rotatable bonds is 2. The lowest BCUT2D eigenvalue weighted by atomic mass is 9.78. The Kier molecular flexibility index (Phi) is 3.23. The lowest BCUT2D eigenvalue weighted by molar-refractivity contribution is 0.0648. The Labute approximate surface area is 119 Å². The van der Waals surface area contributed by atoms with Crippen LogP contribution in [0, 0.1) is 22.7 Å². The van der Waals surface area contributed by atoms with Gasteiger partial charge in [0.1, 0.15) is 0 Å². The van der Waals surface area contributed by atoms with E-state index in [-0.39, 0.29) is 0 Å². The molecule has 1 aliphatic carbocycles. The van der Waals surface area contributed by atoms with E-state index in [0.717, 1.165) is 35.6 Å². The summed E-state index contributed by atoms with van der Waals surface area (Å²) in [5, 5.41) is 22.6. The molecule has 2 nitrogen and oxygen atoms in total. The average molecular weight is 265 g/mol. The Hall–Kier alpha value is -1.85. The first-order chi connectivity index (χ1) is 9.64. The molecule has 1 aliphatic rings. The van der Waals surface area contributed by atoms with Crippen LogP contribution in [0.5, 0.6) is 0 Å². The molecule has 0 aliphatic heterocycles. The van der Waals surface area contributed by atoms with E-state index in [4.69, 9.17) is 0 Å². The van der Waals surface area contributed by atoms with Gasteiger partial charge < -0.3 is 5.11 Å². The van der Waals surface area contributed by atoms with E-state index >= 15 is 0 Å². The van der Waals surface area contributed by atoms with Gasteiger partial charge >= 0.3 is 0 Å². The molecule has 0 aromatic heterocycles. The van der Waals surface area contributed by atoms with Crippen molar-refractivity contribution in [2.45, 2.75) is 32.3 Å². The SMILES string of the molecule is CC1CCC(C#N)(C(O)c2ccc3ccccc3c2)C1. The minimum Gasteiger partial charge on any atom is -0.387 e. The topological polar surface area (TPSA) is 44.0 Å². The number of nitrogens with zero attached hydrogens (tertiary/aromatic N) is 1. The first-order valence-electron chi connectivity index (χ1n) is 7.23. The highest BCUT2D eigenvalue weighted by Gasteiger charge is 2.44. The van der Waals surface area contributed by atoms with Crippen LogP contribution in [0.3, 0.4) is 0 Å². The highest BCUT2D eigenvalue weighted by molar-refractivity contribution is 5.83. The van der Waals surface area contributed by atoms with Crippen LogP contribution >= 0.6 is 0 Å². The molecule has 2 aromatic carbocycles. The van der Waals surface area contributed by atoms with Crippen molar-refractivity contribution < 1.29 is 5.11 Å². The summed E-state index contributed by atoms with van der Waals surface area (Å²) in [6.45, 7) is 2.16. The fourth-order valence-corrected chi connectivity index (χ4v) is 3.44. The Balaban J connectivity index is 2.00. The van der Waals surface area contributed by atoms with Gasteiger partial charge in [0, 0.05) is 0 Å². The molecular weight excluding hydrogens is 246 g/mol. The molecule has 2 aromatic rings. The third kappa shape index (κ3) is 2.09. The van der Waals surface area contributed by atoms with Crippen LogP contribution in [0.15, 0.2) is 42.5 Å². The van der Waals surface area contributed by atoms with Gasteiger partial charge in [-0.3, -0.25) is 0 Å². The maximum atomic E-state index is 10.7. The monoisotopic (exact) mass is 265 g/mol. The van der Waals surface area contributed by atoms with Gasteiger partial charge in [-0.05, 0) is 47.6 Å². The van der Waals surface area contributed by atoms with E-state index in [1.54, 1.807) is 0 Å². The van der Waals surface area contributed by atoms with Crippen molar-refractivity contribution in [1.29, 1.82) is 5.26 Å². The van der Waals surface area contributed by atoms with Crippen LogP contribution in [0.2, 0.25) is 0 Å². The third-order valence-electron chi connectivity index (χ3n) is 4.63. The maximum absolute atomic E-state index is 10.7. The summed E-state index contributed by atoms with van der Waals surface area (Å²) in [5.74, 6) is 0.518. The highest BCUT2D eigenvalue weighted by Crippen LogP contribution is 2.49. The number of aliphatic hydroxyl groups excluding tert-OH is 1. The van der Waals surface area contributed by atoms with Gasteiger partial charge in [-0.1, -0.05) is 43.3 Å². The van der Waals surface area contributed by atoms with E-state index in [1.807, 2.05) is 36.4 Å². The largest absolute Gasteiger partial charge is 0.387 e. The third-order valence-corrected chi connectivity index (χ3v) is 4.63. The molecule has 20 heavy (non-hydrogen) atoms. The Bertz CT molecular complexity index is 672. The lowest BCUT2D eigenvalue weighted by Crippen LogP contribution is -2.24. The van der Waals surface area contributed by atoms with Gasteiger partial charge in [0.05, 0.1) is 17.6 Å². The van der Waals surface area contributed by atoms with Gasteiger partial charge in [-0.15, -0.1) is 0 Å². The van der Waals surface area contributed by atoms with Gasteiger partial charge in [0.2, 0.25) is 0 Å². The van der Waals surface area contributed by atoms with Crippen molar-refractivity contribution in [3.63, 3.8) is 0 Å². The molecule has 0 heterocycles. The number of hydrogen-bond donors (Lipinski definition) is 1. The molecular formula is C18H19NO. The van der Waals surface area contributed by atoms with Gasteiger partial charge in [0.15, 0.2) is 0 Å². The van der Waals surface area contributed by atoms with Crippen LogP contribution in [-0.4, -0.2) is 5.11 Å². The number of benzene rings is 2. The first kappa shape index (κ1) is 13.1. The van der Waals surface area contributed by atoms with Gasteiger partial charge in [0.25, 0.3) is 0 Å². The molecule has 0 radical (unpaired) electrons. The quantitative estimate of drug-likeness (QED) is 0.884. The molecule has 3 unspecified atom stereocenters. The van der Waals surface area contributed by atoms with E-state index in [0.29, 0.717) is 5.92 Å². The van der Waals surface area contributed by atoms with E-state index < -0.39 is 11.5 Å². The van der Waals surface area contributed by atoms with Crippen molar-refractivity contribution >= 4 is 10.8 Å². The van der Waals surface area contributed by atoms with Crippen molar-refractivity contribution in [3.05, 3.63) is 48.0 Å². The van der Waals surface area contributed by atoms with E-state index in [1.165, 1.54) is 0 Å². The molecule has 0 amide bonds. The Morgan fingerprint density at radius 2 is 2.00 bits per heavy atom. The number of hydrogen-bond acceptors (Lipinski definition) is 2. The smallest absolute Gasteiger partial charge is 0.0976 e. The average Bonchev–Trinajstić information content (AvgIpc) is 2.88. The summed E-state index contributed by atoms with van der Waals surface area (Å²) in [6, 6.07) is 16.5. The maximum Gasteiger partial charge on any atom is 0.0976 e. The van der Waals surface area contributed by atoms with Crippen molar-refractivity contribution in [2.75, 3.05) is 0 Å². The standard InChI is InChI=1S/C18H19NO/c1-13-8-9-18(11-13,12-19)17(20)16-7-6-14-4-2-3-5-15(14)10-16/h2-7,10,13,17,20H,8-9,11H2,1H3. The number of aliphatic hydroxyl groups is 1. The van der Waals surface area contributed by atoms with Crippen LogP contribution in [-0.2, 0) is 0 Å². The van der Waals surface area contributed by atoms with Crippen molar-refractivity contribution in [3.8, 4) is 6.07 Å². The predicted octanol–water partition coefficient (Wildman–Crippen LogP) is 4.20. The Morgan fingerprint density at radius 1 is 1.25 bits per heavy atom. The predicted molar refractivity (Wildman–Crippen MR) is 80.0 cm³/mol. The fraction of sp³-hybridized carbons (Fsp3) is 0.389. The van der Waals surface area contributed by atoms with Crippen LogP contribution in [0.1, 0.15) is 37.9 Å². The fourth-order valence-electron chi connectivity index (χ4n) is 3.44. The second-order valence-corrected chi connectivity index (χ2v) is 6.13. The molecule has 1 saturated carbocycles. The molecule has 3 atom stereocenters. The summed E-state index contributed by atoms with van der Waals surface area (Å²) in [6.07, 6.45) is 1.91. The molecule has 102 valence electrons. The normalized spacial score (nSPS) is 27.4. The minimum atomic E-state index is -0.693. The number of nitriles is 1. The van der Waals surface area contributed by atoms with Crippen LogP contribution in [0.4, 0.5) is 0 Å². The van der Waals surface area contributed by atoms with Crippen LogP contribution < -0.4 is 0 Å². The van der Waals surface area contributed by atoms with E-state index in [9.17, 15) is 10.4 Å². The molecule has 1 N–H and O–H groups in total. The van der Waals surface area contributed by atoms with Crippen LogP contribution in [0.25, 0.3) is 10.8 Å². The summed E-state index contributed by atoms with van der Waals surface area (Å²) >= 11 is 0. The van der Waals surface area contributed by atoms with E-state index in [2.05, 4.69) is 19.1 Å². The van der Waals surface area contributed by atoms with Crippen molar-refractivity contribution in [2.24, 2.45) is 11.3 Å². The molecule has 1 fully saturated rings. The summed E-state index contributed by atoms with van der Waals surface area (Å²) < 4.78 is 0. The van der Waals surface area contributed by atoms with Crippen molar-refractivity contribution in [1.82, 2.24) is 0 Å². The molecule has 2 heteroatoms. The molecule has 3 rings (SSSR count).